The predicted octanol–water partition coefficient (Wildman–Crippen LogP) is 3.55. The van der Waals surface area contributed by atoms with Crippen LogP contribution in [0.15, 0.2) is 55.1 Å². The van der Waals surface area contributed by atoms with Crippen LogP contribution in [0.4, 0.5) is 17.1 Å². The zero-order valence-electron chi connectivity index (χ0n) is 16.6. The molecule has 0 saturated carbocycles. The van der Waals surface area contributed by atoms with Gasteiger partial charge < -0.3 is 19.9 Å². The van der Waals surface area contributed by atoms with Crippen molar-refractivity contribution < 1.29 is 4.74 Å². The van der Waals surface area contributed by atoms with Crippen molar-refractivity contribution in [2.45, 2.75) is 18.9 Å². The van der Waals surface area contributed by atoms with Crippen molar-refractivity contribution in [2.24, 2.45) is 0 Å². The first kappa shape index (κ1) is 18.2. The predicted molar refractivity (Wildman–Crippen MR) is 118 cm³/mol. The first-order valence-corrected chi connectivity index (χ1v) is 10.5. The summed E-state index contributed by atoms with van der Waals surface area (Å²) in [5.41, 5.74) is 3.55. The molecule has 4 heterocycles. The zero-order valence-corrected chi connectivity index (χ0v) is 16.6. The molecular weight excluding hydrogens is 362 g/mol. The molecule has 6 nitrogen and oxygen atoms in total. The lowest BCUT2D eigenvalue weighted by Gasteiger charge is -2.35. The smallest absolute Gasteiger partial charge is 0.0642 e. The van der Waals surface area contributed by atoms with Crippen LogP contribution in [0.2, 0.25) is 0 Å². The maximum atomic E-state index is 5.47. The molecule has 2 fully saturated rings. The number of benzene rings is 1. The second-order valence-electron chi connectivity index (χ2n) is 7.87. The van der Waals surface area contributed by atoms with E-state index in [-0.39, 0.29) is 0 Å². The molecule has 0 unspecified atom stereocenters. The van der Waals surface area contributed by atoms with Gasteiger partial charge in [-0.05, 0) is 42.5 Å². The van der Waals surface area contributed by atoms with Crippen LogP contribution in [0.5, 0.6) is 0 Å². The Hall–Kier alpha value is -2.86. The summed E-state index contributed by atoms with van der Waals surface area (Å²) in [6, 6.07) is 11.4. The highest BCUT2D eigenvalue weighted by Crippen LogP contribution is 2.26. The quantitative estimate of drug-likeness (QED) is 0.737. The fraction of sp³-hybridized carbons (Fsp3) is 0.391. The van der Waals surface area contributed by atoms with Gasteiger partial charge in [-0.3, -0.25) is 9.97 Å². The van der Waals surface area contributed by atoms with Crippen LogP contribution in [0.3, 0.4) is 0 Å². The van der Waals surface area contributed by atoms with Gasteiger partial charge in [0.05, 0.1) is 37.0 Å². The lowest BCUT2D eigenvalue weighted by Crippen LogP contribution is -2.42. The van der Waals surface area contributed by atoms with Crippen LogP contribution >= 0.6 is 0 Å². The van der Waals surface area contributed by atoms with Crippen molar-refractivity contribution >= 4 is 27.8 Å². The number of nitrogens with zero attached hydrogens (tertiary/aromatic N) is 4. The molecule has 2 saturated heterocycles. The third-order valence-corrected chi connectivity index (χ3v) is 5.88. The van der Waals surface area contributed by atoms with E-state index in [0.717, 1.165) is 45.1 Å². The Morgan fingerprint density at radius 2 is 1.79 bits per heavy atom. The molecule has 1 atom stereocenters. The Balaban J connectivity index is 1.28. The molecule has 150 valence electrons. The summed E-state index contributed by atoms with van der Waals surface area (Å²) < 4.78 is 5.47. The third-order valence-electron chi connectivity index (χ3n) is 5.88. The number of ether oxygens (including phenoxy) is 1. The van der Waals surface area contributed by atoms with Crippen molar-refractivity contribution in [3.63, 3.8) is 0 Å². The molecule has 6 heteroatoms. The van der Waals surface area contributed by atoms with E-state index < -0.39 is 0 Å². The van der Waals surface area contributed by atoms with E-state index in [4.69, 9.17) is 4.74 Å². The second-order valence-corrected chi connectivity index (χ2v) is 7.87. The number of pyridine rings is 2. The number of fused-ring (bicyclic) bond motifs is 1. The van der Waals surface area contributed by atoms with Crippen molar-refractivity contribution in [3.8, 4) is 0 Å². The molecule has 1 aromatic carbocycles. The first-order valence-electron chi connectivity index (χ1n) is 10.5. The summed E-state index contributed by atoms with van der Waals surface area (Å²) in [6.45, 7) is 5.52. The molecule has 2 aliphatic heterocycles. The van der Waals surface area contributed by atoms with Gasteiger partial charge in [-0.15, -0.1) is 0 Å². The number of morpholine rings is 1. The van der Waals surface area contributed by atoms with E-state index in [0.29, 0.717) is 6.04 Å². The van der Waals surface area contributed by atoms with Crippen molar-refractivity contribution in [1.29, 1.82) is 0 Å². The number of aromatic nitrogens is 2. The molecule has 0 bridgehead atoms. The molecule has 3 aromatic rings. The van der Waals surface area contributed by atoms with E-state index in [1.165, 1.54) is 35.0 Å². The number of nitrogens with one attached hydrogen (secondary N) is 1. The molecule has 5 rings (SSSR count). The summed E-state index contributed by atoms with van der Waals surface area (Å²) in [4.78, 5) is 13.6. The van der Waals surface area contributed by atoms with Crippen molar-refractivity contribution in [2.75, 3.05) is 54.5 Å². The van der Waals surface area contributed by atoms with Gasteiger partial charge in [0, 0.05) is 55.7 Å². The molecule has 1 N–H and O–H groups in total. The van der Waals surface area contributed by atoms with Gasteiger partial charge in [-0.1, -0.05) is 6.07 Å². The van der Waals surface area contributed by atoms with Crippen LogP contribution in [-0.4, -0.2) is 55.4 Å². The summed E-state index contributed by atoms with van der Waals surface area (Å²) in [5.74, 6) is 0. The Morgan fingerprint density at radius 1 is 0.862 bits per heavy atom. The van der Waals surface area contributed by atoms with Crippen LogP contribution in [0.1, 0.15) is 12.8 Å². The average molecular weight is 390 g/mol. The second kappa shape index (κ2) is 8.25. The Bertz CT molecular complexity index is 972. The molecule has 0 aliphatic carbocycles. The van der Waals surface area contributed by atoms with E-state index in [2.05, 4.69) is 55.4 Å². The minimum atomic E-state index is 0.412. The van der Waals surface area contributed by atoms with Gasteiger partial charge >= 0.3 is 0 Å². The van der Waals surface area contributed by atoms with E-state index >= 15 is 0 Å². The van der Waals surface area contributed by atoms with E-state index in [1.807, 2.05) is 24.8 Å². The fourth-order valence-corrected chi connectivity index (χ4v) is 4.34. The summed E-state index contributed by atoms with van der Waals surface area (Å²) in [6.07, 6.45) is 10.0. The fourth-order valence-electron chi connectivity index (χ4n) is 4.34. The number of rotatable bonds is 4. The zero-order chi connectivity index (χ0) is 19.5. The highest BCUT2D eigenvalue weighted by atomic mass is 16.5. The summed E-state index contributed by atoms with van der Waals surface area (Å²) in [7, 11) is 0. The van der Waals surface area contributed by atoms with Crippen LogP contribution in [0.25, 0.3) is 10.8 Å². The van der Waals surface area contributed by atoms with Crippen molar-refractivity contribution in [3.05, 3.63) is 55.1 Å². The van der Waals surface area contributed by atoms with Gasteiger partial charge in [0.1, 0.15) is 0 Å². The van der Waals surface area contributed by atoms with E-state index in [9.17, 15) is 0 Å². The largest absolute Gasteiger partial charge is 0.379 e. The topological polar surface area (TPSA) is 53.5 Å². The lowest BCUT2D eigenvalue weighted by atomic mass is 10.0. The first-order chi connectivity index (χ1) is 14.3. The number of hydrogen-bond acceptors (Lipinski definition) is 6. The van der Waals surface area contributed by atoms with Gasteiger partial charge in [-0.25, -0.2) is 0 Å². The van der Waals surface area contributed by atoms with Crippen LogP contribution in [0, 0.1) is 0 Å². The minimum Gasteiger partial charge on any atom is -0.379 e. The average Bonchev–Trinajstić information content (AvgIpc) is 2.80. The molecule has 0 radical (unpaired) electrons. The Labute approximate surface area is 171 Å². The van der Waals surface area contributed by atoms with Crippen molar-refractivity contribution in [1.82, 2.24) is 9.97 Å². The van der Waals surface area contributed by atoms with Gasteiger partial charge in [0.2, 0.25) is 0 Å². The normalized spacial score (nSPS) is 20.1. The lowest BCUT2D eigenvalue weighted by molar-refractivity contribution is 0.122. The molecule has 29 heavy (non-hydrogen) atoms. The SMILES string of the molecule is c1cc2ccc(N3CCC[C@@H](Nc4cncc(N5CCOCC5)c4)C3)cc2cn1. The summed E-state index contributed by atoms with van der Waals surface area (Å²) >= 11 is 0. The molecule has 0 amide bonds. The van der Waals surface area contributed by atoms with Gasteiger partial charge in [0.25, 0.3) is 0 Å². The monoisotopic (exact) mass is 389 g/mol. The Kier molecular flexibility index (Phi) is 5.17. The van der Waals surface area contributed by atoms with Gasteiger partial charge in [-0.2, -0.15) is 0 Å². The molecule has 0 spiro atoms. The highest BCUT2D eigenvalue weighted by molar-refractivity contribution is 5.85. The third kappa shape index (κ3) is 4.12. The van der Waals surface area contributed by atoms with Crippen LogP contribution < -0.4 is 15.1 Å². The molecule has 2 aromatic heterocycles. The summed E-state index contributed by atoms with van der Waals surface area (Å²) in [5, 5.41) is 6.16. The van der Waals surface area contributed by atoms with E-state index in [1.54, 1.807) is 0 Å². The maximum absolute atomic E-state index is 5.47. The number of hydrogen-bond donors (Lipinski definition) is 1. The Morgan fingerprint density at radius 3 is 2.72 bits per heavy atom. The standard InChI is InChI=1S/C23H27N5O/c1-2-20(26-21-13-23(16-25-15-21)27-8-10-29-11-9-27)17-28(7-1)22-4-3-18-5-6-24-14-19(18)12-22/h3-6,12-16,20,26H,1-2,7-11,17H2/t20-/m1/s1. The highest BCUT2D eigenvalue weighted by Gasteiger charge is 2.21. The minimum absolute atomic E-state index is 0.412. The number of anilines is 3. The number of piperidine rings is 1. The van der Waals surface area contributed by atoms with Gasteiger partial charge in [0.15, 0.2) is 0 Å². The molecular formula is C23H27N5O. The van der Waals surface area contributed by atoms with Crippen LogP contribution in [-0.2, 0) is 4.74 Å². The maximum Gasteiger partial charge on any atom is 0.0642 e. The molecule has 2 aliphatic rings.